The molecule has 0 radical (unpaired) electrons. The molecule has 2 atom stereocenters. The Morgan fingerprint density at radius 3 is 2.53 bits per heavy atom. The number of carbonyl (C=O) groups excluding carboxylic acids is 1. The van der Waals surface area contributed by atoms with Crippen LogP contribution in [0.5, 0.6) is 0 Å². The normalized spacial score (nSPS) is 28.1. The van der Waals surface area contributed by atoms with E-state index < -0.39 is 6.17 Å². The molecular weight excluding hydrogens is 195 g/mol. The highest BCUT2D eigenvalue weighted by Gasteiger charge is 2.34. The number of hydrogen-bond donors (Lipinski definition) is 1. The summed E-state index contributed by atoms with van der Waals surface area (Å²) in [7, 11) is 1.79. The number of carbonyl (C=O) groups is 1. The van der Waals surface area contributed by atoms with E-state index in [-0.39, 0.29) is 17.4 Å². The highest BCUT2D eigenvalue weighted by molar-refractivity contribution is 5.82. The lowest BCUT2D eigenvalue weighted by Gasteiger charge is -2.23. The van der Waals surface area contributed by atoms with Gasteiger partial charge in [-0.3, -0.25) is 9.69 Å². The molecule has 0 bridgehead atoms. The van der Waals surface area contributed by atoms with Crippen molar-refractivity contribution in [2.24, 2.45) is 5.41 Å². The summed E-state index contributed by atoms with van der Waals surface area (Å²) in [6.07, 6.45) is -0.535. The molecular formula is C11H21FN2O. The Morgan fingerprint density at radius 1 is 1.53 bits per heavy atom. The number of halogens is 1. The summed E-state index contributed by atoms with van der Waals surface area (Å²) >= 11 is 0. The lowest BCUT2D eigenvalue weighted by Crippen LogP contribution is -2.44. The number of nitrogens with one attached hydrogen (secondary N) is 1. The Kier molecular flexibility index (Phi) is 3.71. The van der Waals surface area contributed by atoms with Gasteiger partial charge < -0.3 is 5.32 Å². The molecule has 0 aliphatic carbocycles. The molecule has 0 aromatic heterocycles. The maximum Gasteiger partial charge on any atom is 0.237 e. The smallest absolute Gasteiger partial charge is 0.237 e. The third-order valence-corrected chi connectivity index (χ3v) is 2.59. The third-order valence-electron chi connectivity index (χ3n) is 2.59. The maximum absolute atomic E-state index is 13.0. The van der Waals surface area contributed by atoms with Crippen LogP contribution in [0.3, 0.4) is 0 Å². The van der Waals surface area contributed by atoms with Crippen LogP contribution >= 0.6 is 0 Å². The van der Waals surface area contributed by atoms with Crippen molar-refractivity contribution in [3.05, 3.63) is 0 Å². The second kappa shape index (κ2) is 4.47. The SMILES string of the molecule is CN1C[C@H](F)C[C@H]1C(=O)NCC(C)(C)C. The van der Waals surface area contributed by atoms with Gasteiger partial charge in [0.15, 0.2) is 0 Å². The van der Waals surface area contributed by atoms with Crippen LogP contribution in [-0.2, 0) is 4.79 Å². The Balaban J connectivity index is 2.41. The Bertz CT molecular complexity index is 237. The second-order valence-corrected chi connectivity index (χ2v) is 5.57. The molecule has 1 amide bonds. The molecule has 1 aliphatic rings. The van der Waals surface area contributed by atoms with Crippen molar-refractivity contribution in [2.75, 3.05) is 20.1 Å². The number of nitrogens with zero attached hydrogens (tertiary/aromatic N) is 1. The van der Waals surface area contributed by atoms with Crippen molar-refractivity contribution >= 4 is 5.91 Å². The van der Waals surface area contributed by atoms with Gasteiger partial charge >= 0.3 is 0 Å². The van der Waals surface area contributed by atoms with Crippen molar-refractivity contribution in [1.82, 2.24) is 10.2 Å². The highest BCUT2D eigenvalue weighted by atomic mass is 19.1. The van der Waals surface area contributed by atoms with Gasteiger partial charge in [0.25, 0.3) is 0 Å². The van der Waals surface area contributed by atoms with E-state index in [0.29, 0.717) is 19.5 Å². The van der Waals surface area contributed by atoms with Crippen LogP contribution in [0.25, 0.3) is 0 Å². The summed E-state index contributed by atoms with van der Waals surface area (Å²) in [5.74, 6) is -0.0485. The van der Waals surface area contributed by atoms with Gasteiger partial charge in [0.2, 0.25) is 5.91 Å². The van der Waals surface area contributed by atoms with E-state index in [9.17, 15) is 9.18 Å². The molecule has 1 heterocycles. The van der Waals surface area contributed by atoms with E-state index in [0.717, 1.165) is 0 Å². The van der Waals surface area contributed by atoms with Gasteiger partial charge in [-0.25, -0.2) is 4.39 Å². The van der Waals surface area contributed by atoms with Crippen LogP contribution in [-0.4, -0.2) is 43.2 Å². The largest absolute Gasteiger partial charge is 0.354 e. The van der Waals surface area contributed by atoms with Gasteiger partial charge in [-0.05, 0) is 12.5 Å². The zero-order valence-electron chi connectivity index (χ0n) is 10.0. The number of likely N-dealkylation sites (tertiary alicyclic amines) is 1. The van der Waals surface area contributed by atoms with E-state index >= 15 is 0 Å². The molecule has 88 valence electrons. The molecule has 4 heteroatoms. The summed E-state index contributed by atoms with van der Waals surface area (Å²) < 4.78 is 13.0. The first-order valence-corrected chi connectivity index (χ1v) is 5.41. The Labute approximate surface area is 91.0 Å². The van der Waals surface area contributed by atoms with Crippen LogP contribution in [0, 0.1) is 5.41 Å². The monoisotopic (exact) mass is 216 g/mol. The summed E-state index contributed by atoms with van der Waals surface area (Å²) in [5, 5.41) is 2.87. The van der Waals surface area contributed by atoms with Crippen LogP contribution in [0.1, 0.15) is 27.2 Å². The van der Waals surface area contributed by atoms with E-state index in [1.54, 1.807) is 11.9 Å². The van der Waals surface area contributed by atoms with Gasteiger partial charge in [-0.2, -0.15) is 0 Å². The average Bonchev–Trinajstić information content (AvgIpc) is 2.40. The van der Waals surface area contributed by atoms with Crippen LogP contribution in [0.15, 0.2) is 0 Å². The fourth-order valence-electron chi connectivity index (χ4n) is 1.71. The molecule has 1 rings (SSSR count). The van der Waals surface area contributed by atoms with Gasteiger partial charge in [0, 0.05) is 19.5 Å². The zero-order valence-corrected chi connectivity index (χ0v) is 10.0. The molecule has 1 fully saturated rings. The molecule has 0 spiro atoms. The molecule has 1 N–H and O–H groups in total. The summed E-state index contributed by atoms with van der Waals surface area (Å²) in [4.78, 5) is 13.5. The molecule has 0 saturated carbocycles. The quantitative estimate of drug-likeness (QED) is 0.752. The van der Waals surface area contributed by atoms with E-state index in [4.69, 9.17) is 0 Å². The van der Waals surface area contributed by atoms with Crippen molar-refractivity contribution in [3.8, 4) is 0 Å². The minimum atomic E-state index is -0.861. The predicted molar refractivity (Wildman–Crippen MR) is 58.4 cm³/mol. The molecule has 15 heavy (non-hydrogen) atoms. The average molecular weight is 216 g/mol. The first-order chi connectivity index (χ1) is 6.79. The lowest BCUT2D eigenvalue weighted by molar-refractivity contribution is -0.125. The molecule has 1 aliphatic heterocycles. The Morgan fingerprint density at radius 2 is 2.13 bits per heavy atom. The molecule has 0 aromatic carbocycles. The van der Waals surface area contributed by atoms with Crippen molar-refractivity contribution in [3.63, 3.8) is 0 Å². The summed E-state index contributed by atoms with van der Waals surface area (Å²) in [6, 6.07) is -0.289. The fraction of sp³-hybridized carbons (Fsp3) is 0.909. The zero-order chi connectivity index (χ0) is 11.6. The van der Waals surface area contributed by atoms with E-state index in [1.165, 1.54) is 0 Å². The van der Waals surface area contributed by atoms with Crippen LogP contribution in [0.4, 0.5) is 4.39 Å². The minimum absolute atomic E-state index is 0.0485. The molecule has 0 unspecified atom stereocenters. The maximum atomic E-state index is 13.0. The molecule has 0 aromatic rings. The standard InChI is InChI=1S/C11H21FN2O/c1-11(2,3)7-13-10(15)9-5-8(12)6-14(9)4/h8-9H,5-7H2,1-4H3,(H,13,15)/t8-,9+/m1/s1. The molecule has 1 saturated heterocycles. The fourth-order valence-corrected chi connectivity index (χ4v) is 1.71. The first-order valence-electron chi connectivity index (χ1n) is 5.41. The first kappa shape index (κ1) is 12.4. The number of amides is 1. The van der Waals surface area contributed by atoms with Crippen LogP contribution in [0.2, 0.25) is 0 Å². The lowest BCUT2D eigenvalue weighted by atomic mass is 9.97. The second-order valence-electron chi connectivity index (χ2n) is 5.57. The van der Waals surface area contributed by atoms with Gasteiger partial charge in [0.05, 0.1) is 6.04 Å². The predicted octanol–water partition coefficient (Wildman–Crippen LogP) is 1.19. The van der Waals surface area contributed by atoms with Crippen molar-refractivity contribution < 1.29 is 9.18 Å². The number of rotatable bonds is 2. The van der Waals surface area contributed by atoms with E-state index in [1.807, 2.05) is 0 Å². The topological polar surface area (TPSA) is 32.3 Å². The number of alkyl halides is 1. The number of hydrogen-bond acceptors (Lipinski definition) is 2. The van der Waals surface area contributed by atoms with Crippen LogP contribution < -0.4 is 5.32 Å². The van der Waals surface area contributed by atoms with E-state index in [2.05, 4.69) is 26.1 Å². The Hall–Kier alpha value is -0.640. The van der Waals surface area contributed by atoms with Gasteiger partial charge in [-0.15, -0.1) is 0 Å². The van der Waals surface area contributed by atoms with Gasteiger partial charge in [-0.1, -0.05) is 20.8 Å². The summed E-state index contributed by atoms with van der Waals surface area (Å²) in [5.41, 5.74) is 0.0714. The number of likely N-dealkylation sites (N-methyl/N-ethyl adjacent to an activating group) is 1. The minimum Gasteiger partial charge on any atom is -0.354 e. The third kappa shape index (κ3) is 3.78. The van der Waals surface area contributed by atoms with Crippen molar-refractivity contribution in [1.29, 1.82) is 0 Å². The highest BCUT2D eigenvalue weighted by Crippen LogP contribution is 2.19. The van der Waals surface area contributed by atoms with Crippen molar-refractivity contribution in [2.45, 2.75) is 39.4 Å². The van der Waals surface area contributed by atoms with Gasteiger partial charge in [0.1, 0.15) is 6.17 Å². The molecule has 3 nitrogen and oxygen atoms in total. The summed E-state index contributed by atoms with van der Waals surface area (Å²) in [6.45, 7) is 7.18.